The van der Waals surface area contributed by atoms with Crippen molar-refractivity contribution in [3.05, 3.63) is 39.9 Å². The highest BCUT2D eigenvalue weighted by Gasteiger charge is 2.20. The van der Waals surface area contributed by atoms with Crippen LogP contribution in [0.4, 0.5) is 0 Å². The van der Waals surface area contributed by atoms with Crippen molar-refractivity contribution >= 4 is 22.4 Å². The lowest BCUT2D eigenvalue weighted by Gasteiger charge is -2.12. The van der Waals surface area contributed by atoms with E-state index in [9.17, 15) is 5.26 Å². The van der Waals surface area contributed by atoms with Crippen molar-refractivity contribution in [1.82, 2.24) is 19.5 Å². The molecule has 0 unspecified atom stereocenters. The Balaban J connectivity index is 2.27. The number of hydrogen-bond acceptors (Lipinski definition) is 5. The number of nitrogens with zero attached hydrogens (tertiary/aromatic N) is 5. The fourth-order valence-electron chi connectivity index (χ4n) is 2.59. The maximum absolute atomic E-state index is 9.53. The first kappa shape index (κ1) is 15.6. The van der Waals surface area contributed by atoms with Crippen LogP contribution in [0.2, 0.25) is 0 Å². The normalized spacial score (nSPS) is 11.5. The standard InChI is InChI=1S/C17H19N5S/c1-10(2)15-14-12(7-18)8-22(9-13-19-5-6-23-13)17(14)21-16(20-15)11(3)4/h5-6,8,10-11H,9H2,1-4H3. The number of nitriles is 1. The van der Waals surface area contributed by atoms with Crippen molar-refractivity contribution in [2.45, 2.75) is 46.1 Å². The van der Waals surface area contributed by atoms with E-state index in [-0.39, 0.29) is 11.8 Å². The van der Waals surface area contributed by atoms with E-state index >= 15 is 0 Å². The van der Waals surface area contributed by atoms with Crippen LogP contribution in [-0.2, 0) is 6.54 Å². The zero-order chi connectivity index (χ0) is 16.6. The molecular formula is C17H19N5S. The first-order valence-corrected chi connectivity index (χ1v) is 8.58. The van der Waals surface area contributed by atoms with Gasteiger partial charge in [0.2, 0.25) is 0 Å². The first-order valence-electron chi connectivity index (χ1n) is 7.70. The third-order valence-electron chi connectivity index (χ3n) is 3.73. The maximum atomic E-state index is 9.53. The van der Waals surface area contributed by atoms with E-state index in [1.807, 2.05) is 16.1 Å². The predicted octanol–water partition coefficient (Wildman–Crippen LogP) is 4.05. The Hall–Kier alpha value is -2.26. The van der Waals surface area contributed by atoms with Gasteiger partial charge in [0.05, 0.1) is 23.2 Å². The van der Waals surface area contributed by atoms with Gasteiger partial charge in [0.15, 0.2) is 0 Å². The highest BCUT2D eigenvalue weighted by atomic mass is 32.1. The van der Waals surface area contributed by atoms with Gasteiger partial charge in [-0.3, -0.25) is 0 Å². The van der Waals surface area contributed by atoms with Gasteiger partial charge in [0.25, 0.3) is 0 Å². The highest BCUT2D eigenvalue weighted by molar-refractivity contribution is 7.09. The lowest BCUT2D eigenvalue weighted by Crippen LogP contribution is -2.07. The lowest BCUT2D eigenvalue weighted by atomic mass is 10.0. The van der Waals surface area contributed by atoms with Crippen LogP contribution in [0.15, 0.2) is 17.8 Å². The van der Waals surface area contributed by atoms with E-state index < -0.39 is 0 Å². The molecule has 0 amide bonds. The molecule has 0 aliphatic heterocycles. The van der Waals surface area contributed by atoms with Crippen LogP contribution in [0.3, 0.4) is 0 Å². The van der Waals surface area contributed by atoms with Crippen LogP contribution in [0.1, 0.15) is 61.6 Å². The summed E-state index contributed by atoms with van der Waals surface area (Å²) in [7, 11) is 0. The summed E-state index contributed by atoms with van der Waals surface area (Å²) >= 11 is 1.61. The second-order valence-electron chi connectivity index (χ2n) is 6.18. The Bertz CT molecular complexity index is 869. The fraction of sp³-hybridized carbons (Fsp3) is 0.412. The topological polar surface area (TPSA) is 67.4 Å². The number of thiazole rings is 1. The van der Waals surface area contributed by atoms with E-state index in [0.29, 0.717) is 12.1 Å². The number of fused-ring (bicyclic) bond motifs is 1. The molecule has 3 aromatic heterocycles. The average molecular weight is 325 g/mol. The molecule has 5 nitrogen and oxygen atoms in total. The molecule has 0 atom stereocenters. The van der Waals surface area contributed by atoms with Crippen molar-refractivity contribution in [1.29, 1.82) is 5.26 Å². The third kappa shape index (κ3) is 2.84. The minimum atomic E-state index is 0.237. The number of rotatable bonds is 4. The van der Waals surface area contributed by atoms with Crippen LogP contribution >= 0.6 is 11.3 Å². The molecule has 0 N–H and O–H groups in total. The van der Waals surface area contributed by atoms with Gasteiger partial charge in [-0.05, 0) is 5.92 Å². The molecule has 0 radical (unpaired) electrons. The van der Waals surface area contributed by atoms with Crippen LogP contribution in [0, 0.1) is 11.3 Å². The maximum Gasteiger partial charge on any atom is 0.145 e. The molecule has 3 rings (SSSR count). The molecule has 3 aromatic rings. The molecular weight excluding hydrogens is 306 g/mol. The quantitative estimate of drug-likeness (QED) is 0.725. The van der Waals surface area contributed by atoms with Crippen molar-refractivity contribution in [3.63, 3.8) is 0 Å². The smallest absolute Gasteiger partial charge is 0.145 e. The van der Waals surface area contributed by atoms with E-state index in [4.69, 9.17) is 9.97 Å². The molecule has 118 valence electrons. The molecule has 6 heteroatoms. The SMILES string of the molecule is CC(C)c1nc(C(C)C)c2c(C#N)cn(Cc3nccs3)c2n1. The van der Waals surface area contributed by atoms with Gasteiger partial charge in [-0.1, -0.05) is 27.7 Å². The molecule has 23 heavy (non-hydrogen) atoms. The first-order chi connectivity index (χ1) is 11.0. The summed E-state index contributed by atoms with van der Waals surface area (Å²) in [6.07, 6.45) is 3.67. The van der Waals surface area contributed by atoms with Crippen molar-refractivity contribution in [3.8, 4) is 6.07 Å². The fourth-order valence-corrected chi connectivity index (χ4v) is 3.20. The summed E-state index contributed by atoms with van der Waals surface area (Å²) in [6, 6.07) is 2.30. The summed E-state index contributed by atoms with van der Waals surface area (Å²) in [5.74, 6) is 1.30. The van der Waals surface area contributed by atoms with E-state index in [0.717, 1.165) is 27.6 Å². The van der Waals surface area contributed by atoms with Gasteiger partial charge in [-0.25, -0.2) is 15.0 Å². The van der Waals surface area contributed by atoms with E-state index in [2.05, 4.69) is 38.7 Å². The molecule has 3 heterocycles. The Morgan fingerprint density at radius 1 is 1.22 bits per heavy atom. The summed E-state index contributed by atoms with van der Waals surface area (Å²) in [5.41, 5.74) is 2.42. The van der Waals surface area contributed by atoms with Gasteiger partial charge >= 0.3 is 0 Å². The van der Waals surface area contributed by atoms with Crippen LogP contribution < -0.4 is 0 Å². The van der Waals surface area contributed by atoms with Gasteiger partial charge in [0.1, 0.15) is 22.5 Å². The third-order valence-corrected chi connectivity index (χ3v) is 4.50. The molecule has 0 aliphatic carbocycles. The Morgan fingerprint density at radius 2 is 2.00 bits per heavy atom. The van der Waals surface area contributed by atoms with Crippen molar-refractivity contribution in [2.75, 3.05) is 0 Å². The largest absolute Gasteiger partial charge is 0.324 e. The van der Waals surface area contributed by atoms with Crippen molar-refractivity contribution < 1.29 is 0 Å². The summed E-state index contributed by atoms with van der Waals surface area (Å²) < 4.78 is 2.02. The number of aromatic nitrogens is 4. The van der Waals surface area contributed by atoms with Gasteiger partial charge in [-0.15, -0.1) is 11.3 Å². The minimum Gasteiger partial charge on any atom is -0.324 e. The minimum absolute atomic E-state index is 0.237. The van der Waals surface area contributed by atoms with E-state index in [1.165, 1.54) is 0 Å². The Kier molecular flexibility index (Phi) is 4.14. The zero-order valence-corrected chi connectivity index (χ0v) is 14.6. The molecule has 0 saturated carbocycles. The average Bonchev–Trinajstić information content (AvgIpc) is 3.14. The molecule has 0 fully saturated rings. The Labute approximate surface area is 139 Å². The molecule has 0 aliphatic rings. The van der Waals surface area contributed by atoms with Gasteiger partial charge in [-0.2, -0.15) is 5.26 Å². The lowest BCUT2D eigenvalue weighted by molar-refractivity contribution is 0.731. The van der Waals surface area contributed by atoms with Gasteiger partial charge < -0.3 is 4.57 Å². The van der Waals surface area contributed by atoms with Crippen LogP contribution in [0.5, 0.6) is 0 Å². The molecule has 0 bridgehead atoms. The van der Waals surface area contributed by atoms with Gasteiger partial charge in [0, 0.05) is 23.7 Å². The predicted molar refractivity (Wildman–Crippen MR) is 91.6 cm³/mol. The highest BCUT2D eigenvalue weighted by Crippen LogP contribution is 2.29. The monoisotopic (exact) mass is 325 g/mol. The second-order valence-corrected chi connectivity index (χ2v) is 7.16. The summed E-state index contributed by atoms with van der Waals surface area (Å²) in [5, 5.41) is 13.4. The summed E-state index contributed by atoms with van der Waals surface area (Å²) in [4.78, 5) is 13.8. The van der Waals surface area contributed by atoms with Crippen LogP contribution in [-0.4, -0.2) is 19.5 Å². The second kappa shape index (κ2) is 6.09. The molecule has 0 aromatic carbocycles. The van der Waals surface area contributed by atoms with E-state index in [1.54, 1.807) is 17.5 Å². The Morgan fingerprint density at radius 3 is 2.57 bits per heavy atom. The molecule has 0 spiro atoms. The summed E-state index contributed by atoms with van der Waals surface area (Å²) in [6.45, 7) is 9.01. The van der Waals surface area contributed by atoms with Crippen molar-refractivity contribution in [2.24, 2.45) is 0 Å². The zero-order valence-electron chi connectivity index (χ0n) is 13.7. The molecule has 0 saturated heterocycles. The van der Waals surface area contributed by atoms with Crippen LogP contribution in [0.25, 0.3) is 11.0 Å². The number of hydrogen-bond donors (Lipinski definition) is 0.